The highest BCUT2D eigenvalue weighted by Crippen LogP contribution is 2.32. The van der Waals surface area contributed by atoms with Crippen LogP contribution in [0.15, 0.2) is 18.2 Å². The van der Waals surface area contributed by atoms with E-state index in [4.69, 9.17) is 9.47 Å². The number of β-amino-alcohol motifs (C(OH)–C–C–N with tert-alkyl or cyclic N) is 1. The Labute approximate surface area is 95.2 Å². The minimum absolute atomic E-state index is 0.549. The normalized spacial score (nSPS) is 17.7. The summed E-state index contributed by atoms with van der Waals surface area (Å²) < 4.78 is 10.6. The second kappa shape index (κ2) is 4.31. The molecule has 1 fully saturated rings. The molecule has 0 amide bonds. The lowest BCUT2D eigenvalue weighted by atomic mass is 9.88. The van der Waals surface area contributed by atoms with Gasteiger partial charge >= 0.3 is 0 Å². The van der Waals surface area contributed by atoms with E-state index >= 15 is 0 Å². The molecule has 0 atom stereocenters. The van der Waals surface area contributed by atoms with Crippen LogP contribution in [-0.2, 0) is 6.42 Å². The van der Waals surface area contributed by atoms with Gasteiger partial charge in [-0.3, -0.25) is 0 Å². The average Bonchev–Trinajstić information content (AvgIpc) is 2.27. The number of nitrogens with one attached hydrogen (secondary N) is 1. The first kappa shape index (κ1) is 11.2. The Hall–Kier alpha value is -1.26. The van der Waals surface area contributed by atoms with Crippen LogP contribution in [0.1, 0.15) is 5.56 Å². The van der Waals surface area contributed by atoms with E-state index in [2.05, 4.69) is 5.32 Å². The van der Waals surface area contributed by atoms with Gasteiger partial charge < -0.3 is 19.9 Å². The highest BCUT2D eigenvalue weighted by molar-refractivity contribution is 5.46. The minimum atomic E-state index is -0.665. The molecule has 1 heterocycles. The first-order valence-electron chi connectivity index (χ1n) is 5.31. The van der Waals surface area contributed by atoms with E-state index in [1.165, 1.54) is 0 Å². The fourth-order valence-corrected chi connectivity index (χ4v) is 1.97. The first-order valence-corrected chi connectivity index (χ1v) is 5.31. The van der Waals surface area contributed by atoms with Crippen LogP contribution < -0.4 is 14.8 Å². The number of aliphatic hydroxyl groups is 1. The van der Waals surface area contributed by atoms with Crippen molar-refractivity contribution in [1.82, 2.24) is 5.32 Å². The molecule has 0 spiro atoms. The van der Waals surface area contributed by atoms with Gasteiger partial charge in [0.25, 0.3) is 0 Å². The third kappa shape index (κ3) is 1.99. The molecule has 2 N–H and O–H groups in total. The number of hydrogen-bond donors (Lipinski definition) is 2. The van der Waals surface area contributed by atoms with Crippen molar-refractivity contribution in [2.75, 3.05) is 27.3 Å². The molecule has 4 heteroatoms. The lowest BCUT2D eigenvalue weighted by Crippen LogP contribution is -2.60. The van der Waals surface area contributed by atoms with E-state index in [-0.39, 0.29) is 0 Å². The summed E-state index contributed by atoms with van der Waals surface area (Å²) in [5.41, 5.74) is 0.263. The van der Waals surface area contributed by atoms with Gasteiger partial charge in [-0.2, -0.15) is 0 Å². The molecule has 0 saturated carbocycles. The zero-order valence-corrected chi connectivity index (χ0v) is 9.62. The fourth-order valence-electron chi connectivity index (χ4n) is 1.97. The standard InChI is InChI=1S/C12H17NO3/c1-15-10-4-3-5-11(16-2)9(10)6-12(14)7-13-8-12/h3-5,13-14H,6-8H2,1-2H3. The highest BCUT2D eigenvalue weighted by Gasteiger charge is 2.36. The summed E-state index contributed by atoms with van der Waals surface area (Å²) >= 11 is 0. The fraction of sp³-hybridized carbons (Fsp3) is 0.500. The van der Waals surface area contributed by atoms with Crippen LogP contribution in [0.25, 0.3) is 0 Å². The number of rotatable bonds is 4. The second-order valence-electron chi connectivity index (χ2n) is 4.15. The van der Waals surface area contributed by atoms with Gasteiger partial charge in [-0.15, -0.1) is 0 Å². The zero-order chi connectivity index (χ0) is 11.6. The average molecular weight is 223 g/mol. The summed E-state index contributed by atoms with van der Waals surface area (Å²) in [6, 6.07) is 5.64. The minimum Gasteiger partial charge on any atom is -0.496 e. The van der Waals surface area contributed by atoms with Crippen LogP contribution in [0.2, 0.25) is 0 Å². The third-order valence-corrected chi connectivity index (χ3v) is 2.94. The second-order valence-corrected chi connectivity index (χ2v) is 4.15. The smallest absolute Gasteiger partial charge is 0.125 e. The summed E-state index contributed by atoms with van der Waals surface area (Å²) in [6.07, 6.45) is 0.549. The lowest BCUT2D eigenvalue weighted by Gasteiger charge is -2.38. The van der Waals surface area contributed by atoms with E-state index in [0.717, 1.165) is 17.1 Å². The Morgan fingerprint density at radius 2 is 1.81 bits per heavy atom. The molecule has 1 aromatic rings. The van der Waals surface area contributed by atoms with Gasteiger partial charge in [0.2, 0.25) is 0 Å². The van der Waals surface area contributed by atoms with Gasteiger partial charge in [-0.05, 0) is 12.1 Å². The molecule has 0 bridgehead atoms. The molecular weight excluding hydrogens is 206 g/mol. The molecule has 88 valence electrons. The Kier molecular flexibility index (Phi) is 3.03. The van der Waals surface area contributed by atoms with Gasteiger partial charge in [-0.25, -0.2) is 0 Å². The maximum atomic E-state index is 10.1. The van der Waals surface area contributed by atoms with Crippen LogP contribution in [-0.4, -0.2) is 38.0 Å². The number of methoxy groups -OCH3 is 2. The van der Waals surface area contributed by atoms with Crippen molar-refractivity contribution < 1.29 is 14.6 Å². The van der Waals surface area contributed by atoms with Crippen molar-refractivity contribution >= 4 is 0 Å². The van der Waals surface area contributed by atoms with Crippen LogP contribution in [0.4, 0.5) is 0 Å². The topological polar surface area (TPSA) is 50.7 Å². The van der Waals surface area contributed by atoms with Gasteiger partial charge in [0.05, 0.1) is 19.8 Å². The molecule has 0 aliphatic carbocycles. The van der Waals surface area contributed by atoms with E-state index in [1.807, 2.05) is 18.2 Å². The first-order chi connectivity index (χ1) is 7.68. The molecule has 2 rings (SSSR count). The van der Waals surface area contributed by atoms with Crippen LogP contribution in [0.5, 0.6) is 11.5 Å². The summed E-state index contributed by atoms with van der Waals surface area (Å²) in [6.45, 7) is 1.24. The molecule has 1 aliphatic heterocycles. The molecule has 0 unspecified atom stereocenters. The zero-order valence-electron chi connectivity index (χ0n) is 9.62. The predicted octanol–water partition coefficient (Wildman–Crippen LogP) is 0.581. The maximum Gasteiger partial charge on any atom is 0.125 e. The summed E-state index contributed by atoms with van der Waals surface area (Å²) in [4.78, 5) is 0. The SMILES string of the molecule is COc1cccc(OC)c1CC1(O)CNC1. The van der Waals surface area contributed by atoms with E-state index < -0.39 is 5.60 Å². The Balaban J connectivity index is 2.29. The van der Waals surface area contributed by atoms with Crippen LogP contribution >= 0.6 is 0 Å². The molecule has 4 nitrogen and oxygen atoms in total. The van der Waals surface area contributed by atoms with Crippen molar-refractivity contribution in [2.45, 2.75) is 12.0 Å². The molecule has 16 heavy (non-hydrogen) atoms. The number of benzene rings is 1. The Morgan fingerprint density at radius 3 is 2.19 bits per heavy atom. The van der Waals surface area contributed by atoms with Gasteiger partial charge in [-0.1, -0.05) is 6.07 Å². The van der Waals surface area contributed by atoms with Crippen molar-refractivity contribution in [3.05, 3.63) is 23.8 Å². The van der Waals surface area contributed by atoms with Gasteiger partial charge in [0.15, 0.2) is 0 Å². The predicted molar refractivity (Wildman–Crippen MR) is 61.1 cm³/mol. The molecular formula is C12H17NO3. The summed E-state index contributed by atoms with van der Waals surface area (Å²) in [5.74, 6) is 1.53. The van der Waals surface area contributed by atoms with Crippen molar-refractivity contribution in [1.29, 1.82) is 0 Å². The van der Waals surface area contributed by atoms with Crippen molar-refractivity contribution in [3.63, 3.8) is 0 Å². The van der Waals surface area contributed by atoms with Crippen LogP contribution in [0.3, 0.4) is 0 Å². The molecule has 1 aromatic carbocycles. The number of ether oxygens (including phenoxy) is 2. The lowest BCUT2D eigenvalue weighted by molar-refractivity contribution is -0.00986. The van der Waals surface area contributed by atoms with E-state index in [9.17, 15) is 5.11 Å². The van der Waals surface area contributed by atoms with Gasteiger partial charge in [0, 0.05) is 25.1 Å². The highest BCUT2D eigenvalue weighted by atomic mass is 16.5. The molecule has 1 aliphatic rings. The Morgan fingerprint density at radius 1 is 1.25 bits per heavy atom. The van der Waals surface area contributed by atoms with E-state index in [0.29, 0.717) is 19.5 Å². The largest absolute Gasteiger partial charge is 0.496 e. The Bertz CT molecular complexity index is 352. The van der Waals surface area contributed by atoms with Crippen LogP contribution in [0, 0.1) is 0 Å². The van der Waals surface area contributed by atoms with Crippen molar-refractivity contribution in [3.8, 4) is 11.5 Å². The summed E-state index contributed by atoms with van der Waals surface area (Å²) in [5, 5.41) is 13.2. The quantitative estimate of drug-likeness (QED) is 0.784. The van der Waals surface area contributed by atoms with Gasteiger partial charge in [0.1, 0.15) is 11.5 Å². The summed E-state index contributed by atoms with van der Waals surface area (Å²) in [7, 11) is 3.25. The molecule has 0 radical (unpaired) electrons. The maximum absolute atomic E-state index is 10.1. The molecule has 1 saturated heterocycles. The monoisotopic (exact) mass is 223 g/mol. The van der Waals surface area contributed by atoms with E-state index in [1.54, 1.807) is 14.2 Å². The number of hydrogen-bond acceptors (Lipinski definition) is 4. The molecule has 0 aromatic heterocycles. The third-order valence-electron chi connectivity index (χ3n) is 2.94. The van der Waals surface area contributed by atoms with Crippen molar-refractivity contribution in [2.24, 2.45) is 0 Å².